The van der Waals surface area contributed by atoms with Gasteiger partial charge in [0.15, 0.2) is 5.78 Å². The number of carbonyl (C=O) groups excluding carboxylic acids is 1. The molecule has 3 nitrogen and oxygen atoms in total. The summed E-state index contributed by atoms with van der Waals surface area (Å²) >= 11 is 1.66. The van der Waals surface area contributed by atoms with Crippen molar-refractivity contribution in [2.45, 2.75) is 4.90 Å². The summed E-state index contributed by atoms with van der Waals surface area (Å²) in [4.78, 5) is 16.9. The summed E-state index contributed by atoms with van der Waals surface area (Å²) in [5.41, 5.74) is 2.29. The second kappa shape index (κ2) is 5.66. The van der Waals surface area contributed by atoms with Gasteiger partial charge in [0, 0.05) is 33.1 Å². The number of thioether (sulfide) groups is 1. The molecule has 0 aliphatic carbocycles. The van der Waals surface area contributed by atoms with Crippen molar-refractivity contribution < 1.29 is 9.53 Å². The summed E-state index contributed by atoms with van der Waals surface area (Å²) in [6.45, 7) is 0. The van der Waals surface area contributed by atoms with Crippen molar-refractivity contribution in [2.24, 2.45) is 0 Å². The molecule has 0 fully saturated rings. The number of rotatable bonds is 4. The van der Waals surface area contributed by atoms with E-state index in [4.69, 9.17) is 4.74 Å². The molecule has 2 aromatic carbocycles. The molecule has 4 heteroatoms. The van der Waals surface area contributed by atoms with E-state index >= 15 is 0 Å². The van der Waals surface area contributed by atoms with Crippen LogP contribution in [0.1, 0.15) is 15.9 Å². The third-order valence-electron chi connectivity index (χ3n) is 3.49. The van der Waals surface area contributed by atoms with Crippen LogP contribution in [0.2, 0.25) is 0 Å². The third-order valence-corrected chi connectivity index (χ3v) is 4.23. The number of hydrogen-bond acceptors (Lipinski definition) is 3. The Morgan fingerprint density at radius 2 is 1.90 bits per heavy atom. The highest BCUT2D eigenvalue weighted by Gasteiger charge is 2.14. The van der Waals surface area contributed by atoms with E-state index in [2.05, 4.69) is 4.98 Å². The second-order valence-electron chi connectivity index (χ2n) is 4.67. The number of methoxy groups -OCH3 is 1. The fourth-order valence-electron chi connectivity index (χ4n) is 2.31. The molecule has 3 aromatic rings. The van der Waals surface area contributed by atoms with Gasteiger partial charge < -0.3 is 9.72 Å². The number of fused-ring (bicyclic) bond motifs is 1. The maximum atomic E-state index is 12.7. The summed E-state index contributed by atoms with van der Waals surface area (Å²) in [7, 11) is 1.62. The topological polar surface area (TPSA) is 42.1 Å². The average Bonchev–Trinajstić information content (AvgIpc) is 2.97. The number of H-pyrrole nitrogens is 1. The Labute approximate surface area is 127 Å². The van der Waals surface area contributed by atoms with Gasteiger partial charge >= 0.3 is 0 Å². The summed E-state index contributed by atoms with van der Waals surface area (Å²) < 4.78 is 5.23. The summed E-state index contributed by atoms with van der Waals surface area (Å²) in [6, 6.07) is 13.3. The number of aromatic amines is 1. The first-order chi connectivity index (χ1) is 10.2. The van der Waals surface area contributed by atoms with Crippen LogP contribution in [0, 0.1) is 0 Å². The highest BCUT2D eigenvalue weighted by molar-refractivity contribution is 7.98. The Hall–Kier alpha value is -2.20. The van der Waals surface area contributed by atoms with Crippen molar-refractivity contribution in [1.82, 2.24) is 4.98 Å². The minimum absolute atomic E-state index is 0.0159. The van der Waals surface area contributed by atoms with Crippen molar-refractivity contribution in [2.75, 3.05) is 13.4 Å². The minimum atomic E-state index is 0.0159. The zero-order valence-corrected chi connectivity index (χ0v) is 12.7. The predicted molar refractivity (Wildman–Crippen MR) is 86.5 cm³/mol. The minimum Gasteiger partial charge on any atom is -0.497 e. The number of ketones is 1. The molecule has 0 saturated carbocycles. The smallest absolute Gasteiger partial charge is 0.195 e. The average molecular weight is 297 g/mol. The Morgan fingerprint density at radius 3 is 2.57 bits per heavy atom. The molecule has 21 heavy (non-hydrogen) atoms. The summed E-state index contributed by atoms with van der Waals surface area (Å²) in [5.74, 6) is 0.760. The molecule has 0 aliphatic heterocycles. The lowest BCUT2D eigenvalue weighted by molar-refractivity contribution is 0.104. The van der Waals surface area contributed by atoms with Crippen LogP contribution in [-0.4, -0.2) is 24.1 Å². The second-order valence-corrected chi connectivity index (χ2v) is 5.55. The molecule has 106 valence electrons. The van der Waals surface area contributed by atoms with Crippen LogP contribution in [0.3, 0.4) is 0 Å². The Kier molecular flexibility index (Phi) is 3.71. The monoisotopic (exact) mass is 297 g/mol. The van der Waals surface area contributed by atoms with Gasteiger partial charge in [-0.05, 0) is 48.7 Å². The van der Waals surface area contributed by atoms with E-state index < -0.39 is 0 Å². The number of hydrogen-bond donors (Lipinski definition) is 1. The molecule has 0 amide bonds. The summed E-state index contributed by atoms with van der Waals surface area (Å²) in [6.07, 6.45) is 3.78. The first-order valence-corrected chi connectivity index (χ1v) is 7.79. The molecule has 0 bridgehead atoms. The Balaban J connectivity index is 2.04. The Bertz CT molecular complexity index is 790. The standard InChI is InChI=1S/C17H15NO2S/c1-20-12-5-8-16-14(9-12)15(10-18-16)17(19)11-3-6-13(21-2)7-4-11/h3-10,18H,1-2H3. The number of aromatic nitrogens is 1. The maximum Gasteiger partial charge on any atom is 0.195 e. The van der Waals surface area contributed by atoms with Crippen LogP contribution in [0.25, 0.3) is 10.9 Å². The van der Waals surface area contributed by atoms with Crippen LogP contribution < -0.4 is 4.74 Å². The fourth-order valence-corrected chi connectivity index (χ4v) is 2.72. The molecule has 0 saturated heterocycles. The van der Waals surface area contributed by atoms with E-state index in [1.54, 1.807) is 25.1 Å². The van der Waals surface area contributed by atoms with E-state index in [1.165, 1.54) is 0 Å². The van der Waals surface area contributed by atoms with Crippen molar-refractivity contribution in [3.63, 3.8) is 0 Å². The zero-order chi connectivity index (χ0) is 14.8. The van der Waals surface area contributed by atoms with Crippen LogP contribution in [0.15, 0.2) is 53.6 Å². The van der Waals surface area contributed by atoms with Gasteiger partial charge in [-0.25, -0.2) is 0 Å². The molecule has 0 spiro atoms. The lowest BCUT2D eigenvalue weighted by Crippen LogP contribution is -2.00. The Morgan fingerprint density at radius 1 is 1.14 bits per heavy atom. The van der Waals surface area contributed by atoms with Crippen molar-refractivity contribution in [3.05, 3.63) is 59.8 Å². The molecule has 1 N–H and O–H groups in total. The summed E-state index contributed by atoms with van der Waals surface area (Å²) in [5, 5.41) is 0.883. The van der Waals surface area contributed by atoms with Gasteiger partial charge in [-0.1, -0.05) is 0 Å². The van der Waals surface area contributed by atoms with E-state index in [9.17, 15) is 4.79 Å². The number of nitrogens with one attached hydrogen (secondary N) is 1. The van der Waals surface area contributed by atoms with E-state index in [0.29, 0.717) is 11.1 Å². The van der Waals surface area contributed by atoms with Gasteiger partial charge in [-0.3, -0.25) is 4.79 Å². The van der Waals surface area contributed by atoms with Crippen LogP contribution in [0.4, 0.5) is 0 Å². The molecular weight excluding hydrogens is 282 g/mol. The SMILES string of the molecule is COc1ccc2[nH]cc(C(=O)c3ccc(SC)cc3)c2c1. The van der Waals surface area contributed by atoms with Gasteiger partial charge in [0.1, 0.15) is 5.75 Å². The van der Waals surface area contributed by atoms with Crippen molar-refractivity contribution in [1.29, 1.82) is 0 Å². The zero-order valence-electron chi connectivity index (χ0n) is 11.8. The lowest BCUT2D eigenvalue weighted by Gasteiger charge is -2.03. The molecule has 0 atom stereocenters. The normalized spacial score (nSPS) is 10.8. The van der Waals surface area contributed by atoms with Gasteiger partial charge in [0.2, 0.25) is 0 Å². The number of carbonyl (C=O) groups is 1. The lowest BCUT2D eigenvalue weighted by atomic mass is 10.0. The van der Waals surface area contributed by atoms with Gasteiger partial charge in [0.25, 0.3) is 0 Å². The predicted octanol–water partition coefficient (Wildman–Crippen LogP) is 4.13. The third kappa shape index (κ3) is 2.54. The van der Waals surface area contributed by atoms with Crippen LogP contribution in [0.5, 0.6) is 5.75 Å². The molecule has 3 rings (SSSR count). The van der Waals surface area contributed by atoms with Crippen LogP contribution >= 0.6 is 11.8 Å². The number of benzene rings is 2. The van der Waals surface area contributed by atoms with E-state index in [0.717, 1.165) is 21.5 Å². The van der Waals surface area contributed by atoms with Gasteiger partial charge in [0.05, 0.1) is 7.11 Å². The molecule has 1 heterocycles. The van der Waals surface area contributed by atoms with E-state index in [-0.39, 0.29) is 5.78 Å². The highest BCUT2D eigenvalue weighted by Crippen LogP contribution is 2.26. The first kappa shape index (κ1) is 13.8. The quantitative estimate of drug-likeness (QED) is 0.581. The first-order valence-electron chi connectivity index (χ1n) is 6.57. The van der Waals surface area contributed by atoms with Gasteiger partial charge in [-0.2, -0.15) is 0 Å². The number of ether oxygens (including phenoxy) is 1. The van der Waals surface area contributed by atoms with Gasteiger partial charge in [-0.15, -0.1) is 11.8 Å². The molecule has 1 aromatic heterocycles. The van der Waals surface area contributed by atoms with E-state index in [1.807, 2.05) is 48.7 Å². The molecular formula is C17H15NO2S. The highest BCUT2D eigenvalue weighted by atomic mass is 32.2. The molecule has 0 unspecified atom stereocenters. The van der Waals surface area contributed by atoms with Crippen LogP contribution in [-0.2, 0) is 0 Å². The maximum absolute atomic E-state index is 12.7. The fraction of sp³-hybridized carbons (Fsp3) is 0.118. The molecule has 0 radical (unpaired) electrons. The van der Waals surface area contributed by atoms with Crippen molar-refractivity contribution >= 4 is 28.4 Å². The largest absolute Gasteiger partial charge is 0.497 e. The van der Waals surface area contributed by atoms with Crippen molar-refractivity contribution in [3.8, 4) is 5.75 Å². The molecule has 0 aliphatic rings.